The second-order valence-corrected chi connectivity index (χ2v) is 7.34. The number of amides is 1. The molecule has 0 bridgehead atoms. The molecule has 7 heteroatoms. The Balaban J connectivity index is 1.85. The number of nitrogens with one attached hydrogen (secondary N) is 1. The van der Waals surface area contributed by atoms with Crippen molar-refractivity contribution in [3.05, 3.63) is 81.4 Å². The maximum Gasteiger partial charge on any atom is 0.258 e. The number of halogens is 3. The first-order valence-corrected chi connectivity index (χ1v) is 9.13. The molecule has 1 amide bonds. The predicted molar refractivity (Wildman–Crippen MR) is 104 cm³/mol. The van der Waals surface area contributed by atoms with Gasteiger partial charge in [-0.05, 0) is 48.5 Å². The lowest BCUT2D eigenvalue weighted by atomic mass is 10.2. The summed E-state index contributed by atoms with van der Waals surface area (Å²) in [5, 5.41) is 4.85. The summed E-state index contributed by atoms with van der Waals surface area (Å²) >= 11 is 19.4. The fourth-order valence-corrected chi connectivity index (χ4v) is 3.72. The van der Waals surface area contributed by atoms with Crippen molar-refractivity contribution in [3.63, 3.8) is 0 Å². The van der Waals surface area contributed by atoms with Crippen LogP contribution in [-0.2, 0) is 0 Å². The molecule has 1 heterocycles. The number of rotatable bonds is 4. The van der Waals surface area contributed by atoms with Gasteiger partial charge >= 0.3 is 0 Å². The molecule has 3 nitrogen and oxygen atoms in total. The second-order valence-electron chi connectivity index (χ2n) is 4.99. The van der Waals surface area contributed by atoms with Gasteiger partial charge in [0.2, 0.25) is 0 Å². The van der Waals surface area contributed by atoms with Crippen LogP contribution in [0, 0.1) is 0 Å². The molecule has 0 aliphatic rings. The summed E-state index contributed by atoms with van der Waals surface area (Å²) in [7, 11) is 0. The first-order chi connectivity index (χ1) is 12.0. The number of carbonyl (C=O) groups excluding carboxylic acids is 1. The van der Waals surface area contributed by atoms with Crippen LogP contribution in [0.25, 0.3) is 0 Å². The van der Waals surface area contributed by atoms with Gasteiger partial charge in [0.05, 0.1) is 16.3 Å². The van der Waals surface area contributed by atoms with Crippen LogP contribution in [0.15, 0.2) is 70.7 Å². The molecule has 3 rings (SSSR count). The molecule has 126 valence electrons. The molecule has 3 aromatic rings. The number of benzene rings is 2. The third kappa shape index (κ3) is 4.67. The Labute approximate surface area is 164 Å². The zero-order valence-electron chi connectivity index (χ0n) is 12.7. The molecule has 0 atom stereocenters. The van der Waals surface area contributed by atoms with E-state index in [0.717, 1.165) is 4.90 Å². The maximum atomic E-state index is 12.6. The SMILES string of the molecule is O=C(Nc1ccc(Cl)cc1Cl)c1cccnc1Sc1cccc(Cl)c1. The van der Waals surface area contributed by atoms with Gasteiger partial charge in [0, 0.05) is 21.1 Å². The Bertz CT molecular complexity index is 934. The first-order valence-electron chi connectivity index (χ1n) is 7.18. The minimum absolute atomic E-state index is 0.304. The number of carbonyl (C=O) groups is 1. The van der Waals surface area contributed by atoms with Crippen LogP contribution in [0.5, 0.6) is 0 Å². The first kappa shape index (κ1) is 18.1. The Kier molecular flexibility index (Phi) is 5.86. The third-order valence-corrected chi connectivity index (χ3v) is 5.00. The van der Waals surface area contributed by atoms with Crippen molar-refractivity contribution in [1.82, 2.24) is 4.98 Å². The van der Waals surface area contributed by atoms with Crippen LogP contribution < -0.4 is 5.32 Å². The summed E-state index contributed by atoms with van der Waals surface area (Å²) in [5.41, 5.74) is 0.928. The number of nitrogens with zero attached hydrogens (tertiary/aromatic N) is 1. The summed E-state index contributed by atoms with van der Waals surface area (Å²) in [6.07, 6.45) is 1.64. The van der Waals surface area contributed by atoms with Crippen LogP contribution >= 0.6 is 46.6 Å². The van der Waals surface area contributed by atoms with E-state index in [-0.39, 0.29) is 5.91 Å². The molecule has 0 fully saturated rings. The second kappa shape index (κ2) is 8.11. The quantitative estimate of drug-likeness (QED) is 0.538. The number of hydrogen-bond acceptors (Lipinski definition) is 3. The van der Waals surface area contributed by atoms with Gasteiger partial charge in [-0.3, -0.25) is 4.79 Å². The van der Waals surface area contributed by atoms with Gasteiger partial charge in [-0.15, -0.1) is 0 Å². The number of pyridine rings is 1. The average Bonchev–Trinajstić information content (AvgIpc) is 2.58. The summed E-state index contributed by atoms with van der Waals surface area (Å²) in [6, 6.07) is 15.7. The summed E-state index contributed by atoms with van der Waals surface area (Å²) in [6.45, 7) is 0. The minimum atomic E-state index is -0.304. The van der Waals surface area contributed by atoms with E-state index >= 15 is 0 Å². The van der Waals surface area contributed by atoms with Crippen molar-refractivity contribution >= 4 is 58.2 Å². The monoisotopic (exact) mass is 408 g/mol. The molecule has 2 aromatic carbocycles. The highest BCUT2D eigenvalue weighted by Gasteiger charge is 2.15. The smallest absolute Gasteiger partial charge is 0.258 e. The molecule has 0 aliphatic heterocycles. The third-order valence-electron chi connectivity index (χ3n) is 3.21. The summed E-state index contributed by atoms with van der Waals surface area (Å²) in [5.74, 6) is -0.304. The van der Waals surface area contributed by atoms with E-state index in [0.29, 0.717) is 31.3 Å². The van der Waals surface area contributed by atoms with E-state index < -0.39 is 0 Å². The molecular formula is C18H11Cl3N2OS. The van der Waals surface area contributed by atoms with Crippen molar-refractivity contribution in [1.29, 1.82) is 0 Å². The van der Waals surface area contributed by atoms with Crippen LogP contribution in [0.1, 0.15) is 10.4 Å². The zero-order valence-corrected chi connectivity index (χ0v) is 15.8. The van der Waals surface area contributed by atoms with Crippen molar-refractivity contribution in [2.75, 3.05) is 5.32 Å². The fraction of sp³-hybridized carbons (Fsp3) is 0. The average molecular weight is 410 g/mol. The Hall–Kier alpha value is -1.72. The van der Waals surface area contributed by atoms with Crippen molar-refractivity contribution in [2.24, 2.45) is 0 Å². The lowest BCUT2D eigenvalue weighted by Crippen LogP contribution is -2.13. The molecule has 1 N–H and O–H groups in total. The van der Waals surface area contributed by atoms with Crippen LogP contribution in [0.4, 0.5) is 5.69 Å². The van der Waals surface area contributed by atoms with Crippen LogP contribution in [-0.4, -0.2) is 10.9 Å². The number of anilines is 1. The Morgan fingerprint density at radius 3 is 2.52 bits per heavy atom. The molecule has 0 saturated carbocycles. The Morgan fingerprint density at radius 1 is 0.960 bits per heavy atom. The molecule has 0 unspecified atom stereocenters. The van der Waals surface area contributed by atoms with E-state index in [4.69, 9.17) is 34.8 Å². The van der Waals surface area contributed by atoms with Crippen molar-refractivity contribution in [2.45, 2.75) is 9.92 Å². The van der Waals surface area contributed by atoms with Crippen molar-refractivity contribution in [3.8, 4) is 0 Å². The summed E-state index contributed by atoms with van der Waals surface area (Å²) < 4.78 is 0. The summed E-state index contributed by atoms with van der Waals surface area (Å²) in [4.78, 5) is 17.8. The van der Waals surface area contributed by atoms with Gasteiger partial charge in [-0.1, -0.05) is 52.6 Å². The standard InChI is InChI=1S/C18H11Cl3N2OS/c19-11-3-1-4-13(9-11)25-18-14(5-2-8-22-18)17(24)23-16-7-6-12(20)10-15(16)21/h1-10H,(H,23,24). The van der Waals surface area contributed by atoms with E-state index in [1.807, 2.05) is 18.2 Å². The van der Waals surface area contributed by atoms with Gasteiger partial charge in [-0.2, -0.15) is 0 Å². The molecule has 0 spiro atoms. The number of aromatic nitrogens is 1. The van der Waals surface area contributed by atoms with Crippen molar-refractivity contribution < 1.29 is 4.79 Å². The van der Waals surface area contributed by atoms with Gasteiger partial charge in [0.1, 0.15) is 5.03 Å². The lowest BCUT2D eigenvalue weighted by molar-refractivity contribution is 0.102. The predicted octanol–water partition coefficient (Wildman–Crippen LogP) is 6.45. The highest BCUT2D eigenvalue weighted by molar-refractivity contribution is 7.99. The maximum absolute atomic E-state index is 12.6. The number of hydrogen-bond donors (Lipinski definition) is 1. The Morgan fingerprint density at radius 2 is 1.76 bits per heavy atom. The van der Waals surface area contributed by atoms with Gasteiger partial charge in [0.25, 0.3) is 5.91 Å². The van der Waals surface area contributed by atoms with Crippen LogP contribution in [0.3, 0.4) is 0 Å². The zero-order chi connectivity index (χ0) is 17.8. The van der Waals surface area contributed by atoms with Gasteiger partial charge in [-0.25, -0.2) is 4.98 Å². The van der Waals surface area contributed by atoms with E-state index in [1.165, 1.54) is 11.8 Å². The molecule has 1 aromatic heterocycles. The molecule has 0 aliphatic carbocycles. The van der Waals surface area contributed by atoms with Crippen LogP contribution in [0.2, 0.25) is 15.1 Å². The topological polar surface area (TPSA) is 42.0 Å². The van der Waals surface area contributed by atoms with E-state index in [9.17, 15) is 4.79 Å². The molecular weight excluding hydrogens is 399 g/mol. The molecule has 25 heavy (non-hydrogen) atoms. The van der Waals surface area contributed by atoms with Gasteiger partial charge in [0.15, 0.2) is 0 Å². The largest absolute Gasteiger partial charge is 0.321 e. The van der Waals surface area contributed by atoms with E-state index in [1.54, 1.807) is 42.6 Å². The molecule has 0 saturated heterocycles. The normalized spacial score (nSPS) is 10.5. The lowest BCUT2D eigenvalue weighted by Gasteiger charge is -2.10. The minimum Gasteiger partial charge on any atom is -0.321 e. The highest BCUT2D eigenvalue weighted by Crippen LogP contribution is 2.31. The van der Waals surface area contributed by atoms with E-state index in [2.05, 4.69) is 10.3 Å². The van der Waals surface area contributed by atoms with Gasteiger partial charge < -0.3 is 5.32 Å². The molecule has 0 radical (unpaired) electrons. The highest BCUT2D eigenvalue weighted by atomic mass is 35.5. The fourth-order valence-electron chi connectivity index (χ4n) is 2.07.